The van der Waals surface area contributed by atoms with Crippen LogP contribution in [0.15, 0.2) is 91.0 Å². The van der Waals surface area contributed by atoms with E-state index in [1.165, 1.54) is 0 Å². The molecule has 0 aliphatic heterocycles. The Morgan fingerprint density at radius 3 is 1.71 bits per heavy atom. The number of amides is 2. The Morgan fingerprint density at radius 2 is 1.18 bits per heavy atom. The van der Waals surface area contributed by atoms with Crippen molar-refractivity contribution in [2.24, 2.45) is 5.92 Å². The predicted octanol–water partition coefficient (Wildman–Crippen LogP) is 4.22. The molecule has 4 heteroatoms. The topological polar surface area (TPSA) is 58.2 Å². The Kier molecular flexibility index (Phi) is 6.58. The number of carbonyl (C=O) groups is 2. The number of carbonyl (C=O) groups excluding carboxylic acids is 2. The number of benzene rings is 3. The molecule has 3 aromatic carbocycles. The van der Waals surface area contributed by atoms with E-state index in [1.54, 1.807) is 24.3 Å². The molecule has 28 heavy (non-hydrogen) atoms. The van der Waals surface area contributed by atoms with E-state index in [-0.39, 0.29) is 23.8 Å². The van der Waals surface area contributed by atoms with Gasteiger partial charge in [0.2, 0.25) is 0 Å². The molecule has 0 radical (unpaired) electrons. The molecule has 0 heterocycles. The van der Waals surface area contributed by atoms with Crippen LogP contribution in [-0.4, -0.2) is 18.4 Å². The Hall–Kier alpha value is -3.40. The van der Waals surface area contributed by atoms with Crippen LogP contribution in [0, 0.1) is 5.92 Å². The molecule has 3 aromatic rings. The molecule has 0 fully saturated rings. The van der Waals surface area contributed by atoms with Crippen molar-refractivity contribution in [3.63, 3.8) is 0 Å². The Labute approximate surface area is 165 Å². The van der Waals surface area contributed by atoms with E-state index >= 15 is 0 Å². The Morgan fingerprint density at radius 1 is 0.714 bits per heavy atom. The van der Waals surface area contributed by atoms with Gasteiger partial charge in [-0.25, -0.2) is 0 Å². The van der Waals surface area contributed by atoms with Crippen molar-refractivity contribution in [1.82, 2.24) is 10.6 Å². The molecule has 4 nitrogen and oxygen atoms in total. The van der Waals surface area contributed by atoms with E-state index in [0.29, 0.717) is 17.7 Å². The van der Waals surface area contributed by atoms with E-state index in [1.807, 2.05) is 73.7 Å². The van der Waals surface area contributed by atoms with Crippen LogP contribution in [0.5, 0.6) is 0 Å². The first kappa shape index (κ1) is 19.4. The van der Waals surface area contributed by atoms with Crippen LogP contribution in [0.1, 0.15) is 39.2 Å². The lowest BCUT2D eigenvalue weighted by molar-refractivity contribution is 0.0917. The molecule has 0 unspecified atom stereocenters. The lowest BCUT2D eigenvalue weighted by atomic mass is 9.93. The highest BCUT2D eigenvalue weighted by Gasteiger charge is 2.22. The number of nitrogens with one attached hydrogen (secondary N) is 2. The third kappa shape index (κ3) is 5.07. The molecular formula is C24H24N2O2. The van der Waals surface area contributed by atoms with Gasteiger partial charge in [0.15, 0.2) is 0 Å². The number of hydrogen-bond donors (Lipinski definition) is 2. The van der Waals surface area contributed by atoms with Gasteiger partial charge in [-0.2, -0.15) is 0 Å². The van der Waals surface area contributed by atoms with Crippen molar-refractivity contribution in [3.05, 3.63) is 108 Å². The maximum atomic E-state index is 12.7. The van der Waals surface area contributed by atoms with Gasteiger partial charge < -0.3 is 10.6 Å². The first-order valence-electron chi connectivity index (χ1n) is 9.39. The van der Waals surface area contributed by atoms with Crippen LogP contribution in [0.3, 0.4) is 0 Å². The summed E-state index contributed by atoms with van der Waals surface area (Å²) in [5, 5.41) is 6.09. The van der Waals surface area contributed by atoms with Crippen LogP contribution < -0.4 is 10.6 Å². The average molecular weight is 372 g/mol. The minimum absolute atomic E-state index is 0.00252. The van der Waals surface area contributed by atoms with Crippen molar-refractivity contribution >= 4 is 11.8 Å². The second-order valence-electron chi connectivity index (χ2n) is 6.78. The zero-order valence-corrected chi connectivity index (χ0v) is 15.8. The fraction of sp³-hybridized carbons (Fsp3) is 0.167. The molecule has 142 valence electrons. The van der Waals surface area contributed by atoms with Gasteiger partial charge in [-0.3, -0.25) is 9.59 Å². The molecule has 0 aliphatic carbocycles. The monoisotopic (exact) mass is 372 g/mol. The normalized spacial score (nSPS) is 12.6. The highest BCUT2D eigenvalue weighted by molar-refractivity contribution is 5.95. The molecule has 3 rings (SSSR count). The van der Waals surface area contributed by atoms with Gasteiger partial charge in [0.25, 0.3) is 11.8 Å². The zero-order chi connectivity index (χ0) is 19.8. The maximum Gasteiger partial charge on any atom is 0.251 e. The van der Waals surface area contributed by atoms with Crippen LogP contribution in [0.4, 0.5) is 0 Å². The van der Waals surface area contributed by atoms with Gasteiger partial charge >= 0.3 is 0 Å². The van der Waals surface area contributed by atoms with Crippen LogP contribution in [-0.2, 0) is 0 Å². The van der Waals surface area contributed by atoms with Gasteiger partial charge in [0, 0.05) is 17.7 Å². The van der Waals surface area contributed by atoms with Crippen molar-refractivity contribution in [1.29, 1.82) is 0 Å². The number of rotatable bonds is 7. The van der Waals surface area contributed by atoms with Crippen LogP contribution >= 0.6 is 0 Å². The minimum atomic E-state index is -0.218. The molecule has 2 atom stereocenters. The van der Waals surface area contributed by atoms with Crippen molar-refractivity contribution < 1.29 is 9.59 Å². The Bertz CT molecular complexity index is 896. The summed E-state index contributed by atoms with van der Waals surface area (Å²) in [5.41, 5.74) is 2.25. The molecule has 2 N–H and O–H groups in total. The summed E-state index contributed by atoms with van der Waals surface area (Å²) >= 11 is 0. The maximum absolute atomic E-state index is 12.7. The third-order valence-corrected chi connectivity index (χ3v) is 4.67. The van der Waals surface area contributed by atoms with Gasteiger partial charge in [-0.15, -0.1) is 0 Å². The van der Waals surface area contributed by atoms with Gasteiger partial charge in [-0.1, -0.05) is 73.7 Å². The molecular weight excluding hydrogens is 348 g/mol. The molecule has 0 aromatic heterocycles. The predicted molar refractivity (Wildman–Crippen MR) is 111 cm³/mol. The number of hydrogen-bond acceptors (Lipinski definition) is 2. The SMILES string of the molecule is C[C@@H](CNC(=O)c1ccccc1)[C@@H](NC(=O)c1ccccc1)c1ccccc1. The average Bonchev–Trinajstić information content (AvgIpc) is 2.77. The Balaban J connectivity index is 1.71. The highest BCUT2D eigenvalue weighted by Crippen LogP contribution is 2.22. The molecule has 0 spiro atoms. The van der Waals surface area contributed by atoms with Crippen LogP contribution in [0.2, 0.25) is 0 Å². The minimum Gasteiger partial charge on any atom is -0.352 e. The summed E-state index contributed by atoms with van der Waals surface area (Å²) in [7, 11) is 0. The summed E-state index contributed by atoms with van der Waals surface area (Å²) in [5.74, 6) is -0.243. The lowest BCUT2D eigenvalue weighted by Crippen LogP contribution is -2.38. The second-order valence-corrected chi connectivity index (χ2v) is 6.78. The van der Waals surface area contributed by atoms with Crippen molar-refractivity contribution in [2.45, 2.75) is 13.0 Å². The fourth-order valence-corrected chi connectivity index (χ4v) is 3.09. The van der Waals surface area contributed by atoms with E-state index < -0.39 is 0 Å². The van der Waals surface area contributed by atoms with Crippen molar-refractivity contribution in [2.75, 3.05) is 6.54 Å². The van der Waals surface area contributed by atoms with Gasteiger partial charge in [0.1, 0.15) is 0 Å². The first-order valence-corrected chi connectivity index (χ1v) is 9.39. The molecule has 0 saturated heterocycles. The van der Waals surface area contributed by atoms with E-state index in [9.17, 15) is 9.59 Å². The highest BCUT2D eigenvalue weighted by atomic mass is 16.2. The molecule has 2 amide bonds. The van der Waals surface area contributed by atoms with Gasteiger partial charge in [-0.05, 0) is 35.7 Å². The second kappa shape index (κ2) is 9.51. The molecule has 0 saturated carbocycles. The summed E-state index contributed by atoms with van der Waals surface area (Å²) in [4.78, 5) is 25.0. The summed E-state index contributed by atoms with van der Waals surface area (Å²) in [6.07, 6.45) is 0. The standard InChI is InChI=1S/C24H24N2O2/c1-18(17-25-23(27)20-13-7-3-8-14-20)22(19-11-5-2-6-12-19)26-24(28)21-15-9-4-10-16-21/h2-16,18,22H,17H2,1H3,(H,25,27)(H,26,28)/t18-,22+/m0/s1. The fourth-order valence-electron chi connectivity index (χ4n) is 3.09. The van der Waals surface area contributed by atoms with E-state index in [4.69, 9.17) is 0 Å². The quantitative estimate of drug-likeness (QED) is 0.652. The third-order valence-electron chi connectivity index (χ3n) is 4.67. The van der Waals surface area contributed by atoms with Crippen LogP contribution in [0.25, 0.3) is 0 Å². The first-order chi connectivity index (χ1) is 13.6. The van der Waals surface area contributed by atoms with E-state index in [0.717, 1.165) is 5.56 Å². The summed E-state index contributed by atoms with van der Waals surface area (Å²) < 4.78 is 0. The molecule has 0 aliphatic rings. The van der Waals surface area contributed by atoms with Gasteiger partial charge in [0.05, 0.1) is 6.04 Å². The zero-order valence-electron chi connectivity index (χ0n) is 15.8. The smallest absolute Gasteiger partial charge is 0.251 e. The van der Waals surface area contributed by atoms with Crippen molar-refractivity contribution in [3.8, 4) is 0 Å². The lowest BCUT2D eigenvalue weighted by Gasteiger charge is -2.26. The summed E-state index contributed by atoms with van der Waals surface area (Å²) in [6, 6.07) is 27.9. The van der Waals surface area contributed by atoms with E-state index in [2.05, 4.69) is 10.6 Å². The largest absolute Gasteiger partial charge is 0.352 e. The summed E-state index contributed by atoms with van der Waals surface area (Å²) in [6.45, 7) is 2.47. The molecule has 0 bridgehead atoms.